The van der Waals surface area contributed by atoms with E-state index in [9.17, 15) is 22.0 Å². The van der Waals surface area contributed by atoms with Gasteiger partial charge in [-0.05, 0) is 18.2 Å². The van der Waals surface area contributed by atoms with Gasteiger partial charge >= 0.3 is 12.8 Å². The first-order valence-corrected chi connectivity index (χ1v) is 8.30. The first-order valence-electron chi connectivity index (χ1n) is 8.30. The molecule has 2 aromatic rings. The lowest BCUT2D eigenvalue weighted by molar-refractivity contribution is -0.142. The number of ether oxygens (including phenoxy) is 2. The summed E-state index contributed by atoms with van der Waals surface area (Å²) < 4.78 is 74.8. The van der Waals surface area contributed by atoms with E-state index in [0.717, 1.165) is 4.68 Å². The topological polar surface area (TPSA) is 72.7 Å². The molecule has 2 rings (SSSR count). The number of hydrogen-bond acceptors (Lipinski definition) is 4. The Kier molecular flexibility index (Phi) is 9.58. The second kappa shape index (κ2) is 11.2. The standard InChI is InChI=1S/C17H20F5N5O2.HI/c1-23-16(25-8-11-9-27(2)26-14(11)17(20,21)22)24-7-10-6-12(28-3)4-5-13(10)29-15(18)19;/h4-6,9,15H,7-8H2,1-3H3,(H2,23,24,25);1H. The number of nitrogens with zero attached hydrogens (tertiary/aromatic N) is 3. The number of alkyl halides is 5. The van der Waals surface area contributed by atoms with Crippen LogP contribution in [0.1, 0.15) is 16.8 Å². The molecule has 13 heteroatoms. The summed E-state index contributed by atoms with van der Waals surface area (Å²) in [5.74, 6) is 0.528. The van der Waals surface area contributed by atoms with Gasteiger partial charge in [0.25, 0.3) is 0 Å². The van der Waals surface area contributed by atoms with Crippen LogP contribution in [0.2, 0.25) is 0 Å². The van der Waals surface area contributed by atoms with Crippen molar-refractivity contribution < 1.29 is 31.4 Å². The second-order valence-corrected chi connectivity index (χ2v) is 5.81. The Bertz CT molecular complexity index is 858. The number of rotatable bonds is 7. The summed E-state index contributed by atoms with van der Waals surface area (Å²) in [5, 5.41) is 9.00. The van der Waals surface area contributed by atoms with Crippen molar-refractivity contribution in [1.82, 2.24) is 20.4 Å². The zero-order valence-electron chi connectivity index (χ0n) is 16.3. The molecule has 1 aromatic carbocycles. The number of aromatic nitrogens is 2. The lowest BCUT2D eigenvalue weighted by Crippen LogP contribution is -2.36. The van der Waals surface area contributed by atoms with Crippen molar-refractivity contribution in [2.24, 2.45) is 12.0 Å². The Morgan fingerprint density at radius 1 is 1.20 bits per heavy atom. The Morgan fingerprint density at radius 3 is 2.37 bits per heavy atom. The van der Waals surface area contributed by atoms with Gasteiger partial charge in [-0.25, -0.2) is 0 Å². The third-order valence-electron chi connectivity index (χ3n) is 3.77. The molecule has 0 aliphatic carbocycles. The normalized spacial score (nSPS) is 11.8. The van der Waals surface area contributed by atoms with Crippen LogP contribution < -0.4 is 20.1 Å². The summed E-state index contributed by atoms with van der Waals surface area (Å²) >= 11 is 0. The third-order valence-corrected chi connectivity index (χ3v) is 3.77. The van der Waals surface area contributed by atoms with Gasteiger partial charge in [-0.15, -0.1) is 24.0 Å². The lowest BCUT2D eigenvalue weighted by Gasteiger charge is -2.15. The molecule has 0 fully saturated rings. The van der Waals surface area contributed by atoms with E-state index in [-0.39, 0.29) is 54.3 Å². The van der Waals surface area contributed by atoms with Crippen molar-refractivity contribution in [2.75, 3.05) is 14.2 Å². The van der Waals surface area contributed by atoms with Gasteiger partial charge in [-0.1, -0.05) is 0 Å². The van der Waals surface area contributed by atoms with Crippen LogP contribution in [0.25, 0.3) is 0 Å². The monoisotopic (exact) mass is 549 g/mol. The largest absolute Gasteiger partial charge is 0.497 e. The van der Waals surface area contributed by atoms with Crippen molar-refractivity contribution >= 4 is 29.9 Å². The van der Waals surface area contributed by atoms with Crippen LogP contribution in [0.5, 0.6) is 11.5 Å². The molecule has 0 unspecified atom stereocenters. The number of guanidine groups is 1. The molecular formula is C17H21F5IN5O2. The van der Waals surface area contributed by atoms with Gasteiger partial charge in [0.2, 0.25) is 0 Å². The fourth-order valence-electron chi connectivity index (χ4n) is 2.52. The average Bonchev–Trinajstić information content (AvgIpc) is 3.03. The third kappa shape index (κ3) is 7.18. The highest BCUT2D eigenvalue weighted by Gasteiger charge is 2.36. The van der Waals surface area contributed by atoms with Gasteiger partial charge in [-0.2, -0.15) is 27.1 Å². The number of benzene rings is 1. The minimum Gasteiger partial charge on any atom is -0.497 e. The fourth-order valence-corrected chi connectivity index (χ4v) is 2.52. The lowest BCUT2D eigenvalue weighted by atomic mass is 10.2. The van der Waals surface area contributed by atoms with Gasteiger partial charge in [0, 0.05) is 44.5 Å². The van der Waals surface area contributed by atoms with E-state index in [2.05, 4.69) is 25.5 Å². The summed E-state index contributed by atoms with van der Waals surface area (Å²) in [6.45, 7) is -3.19. The van der Waals surface area contributed by atoms with Gasteiger partial charge in [0.15, 0.2) is 11.7 Å². The molecule has 0 radical (unpaired) electrons. The van der Waals surface area contributed by atoms with Crippen molar-refractivity contribution in [3.63, 3.8) is 0 Å². The van der Waals surface area contributed by atoms with Crippen molar-refractivity contribution in [2.45, 2.75) is 25.9 Å². The average molecular weight is 549 g/mol. The molecule has 168 valence electrons. The van der Waals surface area contributed by atoms with E-state index in [1.165, 1.54) is 45.6 Å². The second-order valence-electron chi connectivity index (χ2n) is 5.81. The Morgan fingerprint density at radius 2 is 1.83 bits per heavy atom. The van der Waals surface area contributed by atoms with E-state index in [0.29, 0.717) is 11.3 Å². The quantitative estimate of drug-likeness (QED) is 0.240. The van der Waals surface area contributed by atoms with Crippen LogP contribution in [0, 0.1) is 0 Å². The molecule has 0 saturated carbocycles. The maximum absolute atomic E-state index is 13.0. The molecule has 0 atom stereocenters. The smallest absolute Gasteiger partial charge is 0.435 e. The number of aryl methyl sites for hydroxylation is 1. The molecular weight excluding hydrogens is 528 g/mol. The predicted molar refractivity (Wildman–Crippen MR) is 110 cm³/mol. The summed E-state index contributed by atoms with van der Waals surface area (Å²) in [4.78, 5) is 3.92. The highest BCUT2D eigenvalue weighted by Crippen LogP contribution is 2.30. The maximum Gasteiger partial charge on any atom is 0.435 e. The van der Waals surface area contributed by atoms with Gasteiger partial charge in [0.1, 0.15) is 11.5 Å². The molecule has 2 N–H and O–H groups in total. The molecule has 0 amide bonds. The highest BCUT2D eigenvalue weighted by atomic mass is 127. The Balaban J connectivity index is 0.00000450. The molecule has 0 aliphatic rings. The van der Waals surface area contributed by atoms with Crippen molar-refractivity contribution in [3.8, 4) is 11.5 Å². The Labute approximate surface area is 186 Å². The van der Waals surface area contributed by atoms with Crippen molar-refractivity contribution in [3.05, 3.63) is 41.2 Å². The summed E-state index contributed by atoms with van der Waals surface area (Å²) in [6.07, 6.45) is -3.34. The van der Waals surface area contributed by atoms with E-state index in [1.54, 1.807) is 0 Å². The number of methoxy groups -OCH3 is 1. The van der Waals surface area contributed by atoms with E-state index >= 15 is 0 Å². The molecule has 7 nitrogen and oxygen atoms in total. The SMILES string of the molecule is CN=C(NCc1cc(OC)ccc1OC(F)F)NCc1cn(C)nc1C(F)(F)F.I. The molecule has 0 aliphatic heterocycles. The number of nitrogens with one attached hydrogen (secondary N) is 2. The van der Waals surface area contributed by atoms with Crippen LogP contribution in [0.3, 0.4) is 0 Å². The van der Waals surface area contributed by atoms with Crippen LogP contribution in [-0.2, 0) is 26.3 Å². The highest BCUT2D eigenvalue weighted by molar-refractivity contribution is 14.0. The zero-order valence-corrected chi connectivity index (χ0v) is 18.6. The minimum atomic E-state index is -4.59. The molecule has 0 saturated heterocycles. The molecule has 30 heavy (non-hydrogen) atoms. The van der Waals surface area contributed by atoms with Crippen LogP contribution in [0.15, 0.2) is 29.4 Å². The summed E-state index contributed by atoms with van der Waals surface area (Å²) in [5.41, 5.74) is -0.709. The fraction of sp³-hybridized carbons (Fsp3) is 0.412. The van der Waals surface area contributed by atoms with Gasteiger partial charge in [-0.3, -0.25) is 9.67 Å². The molecule has 0 spiro atoms. The van der Waals surface area contributed by atoms with E-state index in [4.69, 9.17) is 4.74 Å². The van der Waals surface area contributed by atoms with Crippen LogP contribution in [-0.4, -0.2) is 36.5 Å². The van der Waals surface area contributed by atoms with Gasteiger partial charge < -0.3 is 20.1 Å². The first kappa shape index (κ1) is 25.7. The van der Waals surface area contributed by atoms with Crippen LogP contribution >= 0.6 is 24.0 Å². The molecule has 1 heterocycles. The summed E-state index contributed by atoms with van der Waals surface area (Å²) in [7, 11) is 4.23. The number of hydrogen-bond donors (Lipinski definition) is 2. The van der Waals surface area contributed by atoms with Crippen LogP contribution in [0.4, 0.5) is 22.0 Å². The Hall–Kier alpha value is -2.32. The molecule has 1 aromatic heterocycles. The van der Waals surface area contributed by atoms with E-state index < -0.39 is 18.5 Å². The van der Waals surface area contributed by atoms with E-state index in [1.807, 2.05) is 0 Å². The summed E-state index contributed by atoms with van der Waals surface area (Å²) in [6, 6.07) is 4.31. The number of halogens is 6. The zero-order chi connectivity index (χ0) is 21.6. The van der Waals surface area contributed by atoms with Gasteiger partial charge in [0.05, 0.1) is 7.11 Å². The first-order chi connectivity index (χ1) is 13.6. The molecule has 0 bridgehead atoms. The van der Waals surface area contributed by atoms with Crippen molar-refractivity contribution in [1.29, 1.82) is 0 Å². The maximum atomic E-state index is 13.0. The number of aliphatic imine (C=N–C) groups is 1. The minimum absolute atomic E-state index is 0. The predicted octanol–water partition coefficient (Wildman–Crippen LogP) is 3.53.